The number of hydrogen-bond acceptors (Lipinski definition) is 4. The number of nitrogen functional groups attached to an aromatic ring is 1. The Morgan fingerprint density at radius 1 is 1.00 bits per heavy atom. The van der Waals surface area contributed by atoms with Crippen LogP contribution in [0.25, 0.3) is 0 Å². The summed E-state index contributed by atoms with van der Waals surface area (Å²) in [5.74, 6) is -0.339. The first kappa shape index (κ1) is 12.0. The highest BCUT2D eigenvalue weighted by atomic mass is 16.5. The second-order valence-corrected chi connectivity index (χ2v) is 3.82. The Labute approximate surface area is 105 Å². The molecule has 0 spiro atoms. The maximum atomic E-state index is 11.3. The second kappa shape index (κ2) is 5.23. The smallest absolute Gasteiger partial charge is 0.337 e. The monoisotopic (exact) mass is 242 g/mol. The quantitative estimate of drug-likeness (QED) is 0.641. The third-order valence-electron chi connectivity index (χ3n) is 2.51. The molecule has 0 amide bonds. The summed E-state index contributed by atoms with van der Waals surface area (Å²) < 4.78 is 4.63. The van der Waals surface area contributed by atoms with Crippen LogP contribution in [-0.2, 0) is 4.74 Å². The molecule has 0 atom stereocenters. The number of hydrogen-bond donors (Lipinski definition) is 2. The van der Waals surface area contributed by atoms with Crippen LogP contribution in [0, 0.1) is 0 Å². The van der Waals surface area contributed by atoms with Crippen molar-refractivity contribution in [3.8, 4) is 0 Å². The number of esters is 1. The van der Waals surface area contributed by atoms with Crippen LogP contribution in [0.4, 0.5) is 17.1 Å². The minimum Gasteiger partial charge on any atom is -0.465 e. The van der Waals surface area contributed by atoms with Gasteiger partial charge in [0, 0.05) is 17.1 Å². The zero-order valence-electron chi connectivity index (χ0n) is 10.0. The summed E-state index contributed by atoms with van der Waals surface area (Å²) in [4.78, 5) is 11.3. The van der Waals surface area contributed by atoms with Gasteiger partial charge in [0.25, 0.3) is 0 Å². The van der Waals surface area contributed by atoms with E-state index in [9.17, 15) is 4.79 Å². The van der Waals surface area contributed by atoms with Gasteiger partial charge in [-0.1, -0.05) is 0 Å². The zero-order valence-corrected chi connectivity index (χ0v) is 10.0. The number of rotatable bonds is 3. The summed E-state index contributed by atoms with van der Waals surface area (Å²) in [5, 5.41) is 3.21. The van der Waals surface area contributed by atoms with Gasteiger partial charge >= 0.3 is 5.97 Å². The molecule has 0 fully saturated rings. The van der Waals surface area contributed by atoms with Crippen LogP contribution < -0.4 is 11.1 Å². The van der Waals surface area contributed by atoms with Crippen molar-refractivity contribution in [1.29, 1.82) is 0 Å². The van der Waals surface area contributed by atoms with Crippen molar-refractivity contribution in [3.05, 3.63) is 54.1 Å². The molecule has 3 N–H and O–H groups in total. The number of nitrogens with two attached hydrogens (primary N) is 1. The Morgan fingerprint density at radius 2 is 1.50 bits per heavy atom. The average Bonchev–Trinajstić information content (AvgIpc) is 2.41. The first-order valence-electron chi connectivity index (χ1n) is 5.50. The van der Waals surface area contributed by atoms with E-state index in [0.29, 0.717) is 5.56 Å². The molecule has 0 unspecified atom stereocenters. The molecule has 92 valence electrons. The first-order chi connectivity index (χ1) is 8.69. The fourth-order valence-electron chi connectivity index (χ4n) is 1.54. The van der Waals surface area contributed by atoms with Gasteiger partial charge in [0.05, 0.1) is 12.7 Å². The van der Waals surface area contributed by atoms with Gasteiger partial charge in [-0.05, 0) is 48.5 Å². The van der Waals surface area contributed by atoms with Crippen LogP contribution in [-0.4, -0.2) is 13.1 Å². The van der Waals surface area contributed by atoms with Crippen LogP contribution in [0.2, 0.25) is 0 Å². The predicted octanol–water partition coefficient (Wildman–Crippen LogP) is 2.80. The van der Waals surface area contributed by atoms with Gasteiger partial charge < -0.3 is 15.8 Å². The van der Waals surface area contributed by atoms with E-state index in [1.165, 1.54) is 7.11 Å². The molecule has 18 heavy (non-hydrogen) atoms. The van der Waals surface area contributed by atoms with Gasteiger partial charge in [-0.15, -0.1) is 0 Å². The molecule has 0 bridgehead atoms. The largest absolute Gasteiger partial charge is 0.465 e. The van der Waals surface area contributed by atoms with Gasteiger partial charge in [-0.2, -0.15) is 0 Å². The maximum absolute atomic E-state index is 11.3. The van der Waals surface area contributed by atoms with E-state index < -0.39 is 0 Å². The van der Waals surface area contributed by atoms with Crippen molar-refractivity contribution in [1.82, 2.24) is 0 Å². The summed E-state index contributed by atoms with van der Waals surface area (Å²) in [6.45, 7) is 0. The standard InChI is InChI=1S/C14H14N2O2/c1-18-14(17)10-2-6-12(7-3-10)16-13-8-4-11(15)5-9-13/h2-9,16H,15H2,1H3. The summed E-state index contributed by atoms with van der Waals surface area (Å²) >= 11 is 0. The molecule has 0 heterocycles. The van der Waals surface area contributed by atoms with Crippen molar-refractivity contribution < 1.29 is 9.53 Å². The summed E-state index contributed by atoms with van der Waals surface area (Å²) in [6, 6.07) is 14.5. The maximum Gasteiger partial charge on any atom is 0.337 e. The Bertz CT molecular complexity index is 533. The normalized spacial score (nSPS) is 9.83. The summed E-state index contributed by atoms with van der Waals surface area (Å²) in [5.41, 5.74) is 8.70. The fourth-order valence-corrected chi connectivity index (χ4v) is 1.54. The molecule has 0 aromatic heterocycles. The van der Waals surface area contributed by atoms with Gasteiger partial charge in [-0.3, -0.25) is 0 Å². The van der Waals surface area contributed by atoms with Gasteiger partial charge in [0.15, 0.2) is 0 Å². The molecule has 2 aromatic carbocycles. The van der Waals surface area contributed by atoms with Gasteiger partial charge in [0.1, 0.15) is 0 Å². The fraction of sp³-hybridized carbons (Fsp3) is 0.0714. The lowest BCUT2D eigenvalue weighted by atomic mass is 10.2. The Balaban J connectivity index is 2.10. The van der Waals surface area contributed by atoms with E-state index in [1.807, 2.05) is 36.4 Å². The number of benzene rings is 2. The molecule has 0 aliphatic carbocycles. The number of nitrogens with one attached hydrogen (secondary N) is 1. The third-order valence-corrected chi connectivity index (χ3v) is 2.51. The number of methoxy groups -OCH3 is 1. The van der Waals surface area contributed by atoms with Crippen LogP contribution in [0.5, 0.6) is 0 Å². The molecule has 0 saturated carbocycles. The molecule has 4 heteroatoms. The van der Waals surface area contributed by atoms with Crippen molar-refractivity contribution in [2.24, 2.45) is 0 Å². The highest BCUT2D eigenvalue weighted by molar-refractivity contribution is 5.89. The van der Waals surface area contributed by atoms with Crippen LogP contribution >= 0.6 is 0 Å². The van der Waals surface area contributed by atoms with Crippen LogP contribution in [0.3, 0.4) is 0 Å². The van der Waals surface area contributed by atoms with Crippen LogP contribution in [0.1, 0.15) is 10.4 Å². The number of anilines is 3. The highest BCUT2D eigenvalue weighted by Gasteiger charge is 2.04. The Morgan fingerprint density at radius 3 is 2.00 bits per heavy atom. The molecular weight excluding hydrogens is 228 g/mol. The summed E-state index contributed by atoms with van der Waals surface area (Å²) in [7, 11) is 1.36. The van der Waals surface area contributed by atoms with E-state index in [1.54, 1.807) is 12.1 Å². The molecular formula is C14H14N2O2. The topological polar surface area (TPSA) is 64.3 Å². The molecule has 0 saturated heterocycles. The molecule has 0 radical (unpaired) electrons. The van der Waals surface area contributed by atoms with Gasteiger partial charge in [0.2, 0.25) is 0 Å². The number of carbonyl (C=O) groups excluding carboxylic acids is 1. The lowest BCUT2D eigenvalue weighted by Crippen LogP contribution is -2.00. The zero-order chi connectivity index (χ0) is 13.0. The molecule has 2 rings (SSSR count). The predicted molar refractivity (Wildman–Crippen MR) is 71.9 cm³/mol. The molecule has 0 aliphatic rings. The van der Waals surface area contributed by atoms with Crippen molar-refractivity contribution in [2.75, 3.05) is 18.2 Å². The third kappa shape index (κ3) is 2.79. The lowest BCUT2D eigenvalue weighted by Gasteiger charge is -2.07. The first-order valence-corrected chi connectivity index (χ1v) is 5.50. The SMILES string of the molecule is COC(=O)c1ccc(Nc2ccc(N)cc2)cc1. The molecule has 2 aromatic rings. The molecule has 0 aliphatic heterocycles. The highest BCUT2D eigenvalue weighted by Crippen LogP contribution is 2.18. The van der Waals surface area contributed by atoms with E-state index in [4.69, 9.17) is 5.73 Å². The van der Waals surface area contributed by atoms with Gasteiger partial charge in [-0.25, -0.2) is 4.79 Å². The average molecular weight is 242 g/mol. The summed E-state index contributed by atoms with van der Waals surface area (Å²) in [6.07, 6.45) is 0. The number of ether oxygens (including phenoxy) is 1. The second-order valence-electron chi connectivity index (χ2n) is 3.82. The van der Waals surface area contributed by atoms with E-state index in [2.05, 4.69) is 10.1 Å². The van der Waals surface area contributed by atoms with Crippen molar-refractivity contribution in [2.45, 2.75) is 0 Å². The van der Waals surface area contributed by atoms with Crippen molar-refractivity contribution >= 4 is 23.0 Å². The minimum absolute atomic E-state index is 0.339. The van der Waals surface area contributed by atoms with Crippen LogP contribution in [0.15, 0.2) is 48.5 Å². The molecule has 4 nitrogen and oxygen atoms in total. The number of carbonyl (C=O) groups is 1. The Kier molecular flexibility index (Phi) is 3.48. The van der Waals surface area contributed by atoms with Crippen molar-refractivity contribution in [3.63, 3.8) is 0 Å². The van der Waals surface area contributed by atoms with E-state index in [-0.39, 0.29) is 5.97 Å². The lowest BCUT2D eigenvalue weighted by molar-refractivity contribution is 0.0601. The van der Waals surface area contributed by atoms with E-state index in [0.717, 1.165) is 17.1 Å². The van der Waals surface area contributed by atoms with E-state index >= 15 is 0 Å². The Hall–Kier alpha value is -2.49. The minimum atomic E-state index is -0.339.